The second kappa shape index (κ2) is 7.02. The van der Waals surface area contributed by atoms with Gasteiger partial charge in [0.05, 0.1) is 6.04 Å². The molecule has 0 saturated heterocycles. The molecule has 0 bridgehead atoms. The normalized spacial score (nSPS) is 13.1. The lowest BCUT2D eigenvalue weighted by molar-refractivity contribution is -0.130. The first-order valence-electron chi connectivity index (χ1n) is 6.19. The monoisotopic (exact) mass is 314 g/mol. The molecule has 8 nitrogen and oxygen atoms in total. The maximum atomic E-state index is 11.8. The summed E-state index contributed by atoms with van der Waals surface area (Å²) < 4.78 is 0. The number of urea groups is 1. The summed E-state index contributed by atoms with van der Waals surface area (Å²) in [5.41, 5.74) is -0.0554. The second-order valence-corrected chi connectivity index (χ2v) is 5.56. The van der Waals surface area contributed by atoms with Crippen LogP contribution < -0.4 is 10.6 Å². The van der Waals surface area contributed by atoms with Crippen molar-refractivity contribution >= 4 is 29.2 Å². The third-order valence-corrected chi connectivity index (χ3v) is 3.65. The number of likely N-dealkylation sites (N-methyl/N-ethyl adjacent to an activating group) is 1. The third kappa shape index (κ3) is 4.71. The molecule has 3 N–H and O–H groups in total. The van der Waals surface area contributed by atoms with E-state index in [1.54, 1.807) is 27.9 Å². The number of aromatic nitrogens is 1. The van der Waals surface area contributed by atoms with E-state index in [4.69, 9.17) is 5.11 Å². The lowest BCUT2D eigenvalue weighted by Gasteiger charge is -2.19. The summed E-state index contributed by atoms with van der Waals surface area (Å²) in [5, 5.41) is 15.8. The van der Waals surface area contributed by atoms with Crippen molar-refractivity contribution in [1.82, 2.24) is 20.5 Å². The van der Waals surface area contributed by atoms with E-state index < -0.39 is 24.1 Å². The van der Waals surface area contributed by atoms with Gasteiger partial charge in [0.25, 0.3) is 0 Å². The van der Waals surface area contributed by atoms with E-state index in [0.717, 1.165) is 11.3 Å². The van der Waals surface area contributed by atoms with Gasteiger partial charge in [0.2, 0.25) is 5.91 Å². The molecule has 1 aromatic rings. The Kier molecular flexibility index (Phi) is 5.65. The maximum Gasteiger partial charge on any atom is 0.355 e. The molecule has 0 saturated carbocycles. The van der Waals surface area contributed by atoms with Crippen LogP contribution in [-0.4, -0.2) is 53.0 Å². The number of carbonyl (C=O) groups excluding carboxylic acids is 2. The lowest BCUT2D eigenvalue weighted by Crippen LogP contribution is -2.48. The molecule has 0 aliphatic rings. The molecule has 3 amide bonds. The molecule has 21 heavy (non-hydrogen) atoms. The van der Waals surface area contributed by atoms with Crippen molar-refractivity contribution in [2.75, 3.05) is 14.1 Å². The Hall–Kier alpha value is -2.16. The molecule has 0 aliphatic heterocycles. The van der Waals surface area contributed by atoms with Crippen LogP contribution in [0.5, 0.6) is 0 Å². The van der Waals surface area contributed by atoms with E-state index in [2.05, 4.69) is 15.6 Å². The van der Waals surface area contributed by atoms with Crippen molar-refractivity contribution in [3.8, 4) is 0 Å². The van der Waals surface area contributed by atoms with E-state index in [-0.39, 0.29) is 11.6 Å². The summed E-state index contributed by atoms with van der Waals surface area (Å²) in [6, 6.07) is -1.62. The smallest absolute Gasteiger partial charge is 0.355 e. The van der Waals surface area contributed by atoms with Crippen LogP contribution in [0.25, 0.3) is 0 Å². The van der Waals surface area contributed by atoms with Gasteiger partial charge in [-0.1, -0.05) is 0 Å². The number of thiazole rings is 1. The molecular formula is C12H18N4O4S. The second-order valence-electron chi connectivity index (χ2n) is 4.67. The number of carboxylic acid groups (broad SMARTS) is 1. The minimum atomic E-state index is -1.11. The molecule has 0 aromatic carbocycles. The highest BCUT2D eigenvalue weighted by Crippen LogP contribution is 2.17. The molecule has 0 radical (unpaired) electrons. The molecule has 0 aliphatic carbocycles. The molecule has 1 rings (SSSR count). The van der Waals surface area contributed by atoms with E-state index in [9.17, 15) is 14.4 Å². The van der Waals surface area contributed by atoms with Crippen LogP contribution in [0.4, 0.5) is 4.79 Å². The predicted octanol–water partition coefficient (Wildman–Crippen LogP) is 0.678. The molecule has 0 spiro atoms. The van der Waals surface area contributed by atoms with Gasteiger partial charge in [0, 0.05) is 19.5 Å². The van der Waals surface area contributed by atoms with Gasteiger partial charge in [0.15, 0.2) is 5.69 Å². The average Bonchev–Trinajstić information content (AvgIpc) is 2.86. The number of nitrogens with one attached hydrogen (secondary N) is 2. The zero-order valence-corrected chi connectivity index (χ0v) is 13.0. The van der Waals surface area contributed by atoms with Gasteiger partial charge in [-0.25, -0.2) is 14.6 Å². The molecule has 1 aromatic heterocycles. The van der Waals surface area contributed by atoms with Gasteiger partial charge in [-0.3, -0.25) is 4.79 Å². The number of nitrogens with zero attached hydrogens (tertiary/aromatic N) is 2. The van der Waals surface area contributed by atoms with Gasteiger partial charge < -0.3 is 20.6 Å². The fraction of sp³-hybridized carbons (Fsp3) is 0.500. The molecule has 0 fully saturated rings. The van der Waals surface area contributed by atoms with Crippen LogP contribution in [0.1, 0.15) is 35.4 Å². The van der Waals surface area contributed by atoms with Gasteiger partial charge in [-0.05, 0) is 13.8 Å². The van der Waals surface area contributed by atoms with Crippen molar-refractivity contribution in [2.24, 2.45) is 0 Å². The summed E-state index contributed by atoms with van der Waals surface area (Å²) in [4.78, 5) is 39.4. The van der Waals surface area contributed by atoms with Crippen LogP contribution in [0.15, 0.2) is 5.38 Å². The van der Waals surface area contributed by atoms with Crippen LogP contribution in [-0.2, 0) is 4.79 Å². The highest BCUT2D eigenvalue weighted by molar-refractivity contribution is 7.09. The summed E-state index contributed by atoms with van der Waals surface area (Å²) in [6.07, 6.45) is 0. The van der Waals surface area contributed by atoms with E-state index in [1.165, 1.54) is 10.3 Å². The van der Waals surface area contributed by atoms with Gasteiger partial charge >= 0.3 is 12.0 Å². The Labute approximate surface area is 126 Å². The molecule has 9 heteroatoms. The maximum absolute atomic E-state index is 11.8. The minimum Gasteiger partial charge on any atom is -0.476 e. The Bertz CT molecular complexity index is 543. The molecule has 1 heterocycles. The van der Waals surface area contributed by atoms with Crippen molar-refractivity contribution in [3.05, 3.63) is 16.1 Å². The van der Waals surface area contributed by atoms with Crippen LogP contribution in [0.2, 0.25) is 0 Å². The van der Waals surface area contributed by atoms with E-state index in [0.29, 0.717) is 5.01 Å². The Morgan fingerprint density at radius 2 is 1.90 bits per heavy atom. The first-order chi connectivity index (χ1) is 9.72. The van der Waals surface area contributed by atoms with Crippen LogP contribution in [0.3, 0.4) is 0 Å². The minimum absolute atomic E-state index is 0.0554. The topological polar surface area (TPSA) is 112 Å². The number of amides is 3. The summed E-state index contributed by atoms with van der Waals surface area (Å²) in [6.45, 7) is 3.26. The van der Waals surface area contributed by atoms with Crippen LogP contribution >= 0.6 is 11.3 Å². The molecule has 116 valence electrons. The Balaban J connectivity index is 2.57. The van der Waals surface area contributed by atoms with Gasteiger partial charge in [0.1, 0.15) is 11.0 Å². The largest absolute Gasteiger partial charge is 0.476 e. The average molecular weight is 314 g/mol. The Morgan fingerprint density at radius 3 is 2.38 bits per heavy atom. The summed E-state index contributed by atoms with van der Waals surface area (Å²) in [7, 11) is 3.20. The van der Waals surface area contributed by atoms with Crippen LogP contribution in [0, 0.1) is 0 Å². The number of rotatable bonds is 5. The van der Waals surface area contributed by atoms with E-state index in [1.807, 2.05) is 0 Å². The van der Waals surface area contributed by atoms with Crippen molar-refractivity contribution in [2.45, 2.75) is 25.9 Å². The fourth-order valence-electron chi connectivity index (χ4n) is 1.53. The molecule has 2 atom stereocenters. The quantitative estimate of drug-likeness (QED) is 0.740. The van der Waals surface area contributed by atoms with Gasteiger partial charge in [-0.15, -0.1) is 11.3 Å². The zero-order valence-electron chi connectivity index (χ0n) is 12.2. The Morgan fingerprint density at radius 1 is 1.29 bits per heavy atom. The highest BCUT2D eigenvalue weighted by Gasteiger charge is 2.20. The zero-order chi connectivity index (χ0) is 16.2. The van der Waals surface area contributed by atoms with E-state index >= 15 is 0 Å². The number of carbonyl (C=O) groups is 3. The molecular weight excluding hydrogens is 296 g/mol. The molecule has 2 unspecified atom stereocenters. The van der Waals surface area contributed by atoms with Crippen molar-refractivity contribution in [1.29, 1.82) is 0 Å². The fourth-order valence-corrected chi connectivity index (χ4v) is 2.33. The number of carboxylic acids is 1. The SMILES string of the molecule is CC(NC(=O)NC(C)c1nc(C(=O)O)cs1)C(=O)N(C)C. The summed E-state index contributed by atoms with van der Waals surface area (Å²) in [5.74, 6) is -1.33. The first kappa shape index (κ1) is 16.9. The van der Waals surface area contributed by atoms with Crippen molar-refractivity contribution in [3.63, 3.8) is 0 Å². The third-order valence-electron chi connectivity index (χ3n) is 2.62. The highest BCUT2D eigenvalue weighted by atomic mass is 32.1. The standard InChI is InChI=1S/C12H18N4O4S/c1-6(9-15-8(5-21-9)11(18)19)13-12(20)14-7(2)10(17)16(3)4/h5-7H,1-4H3,(H,18,19)(H2,13,14,20). The number of hydrogen-bond donors (Lipinski definition) is 3. The van der Waals surface area contributed by atoms with Crippen molar-refractivity contribution < 1.29 is 19.5 Å². The number of hydrogen-bond acceptors (Lipinski definition) is 5. The lowest BCUT2D eigenvalue weighted by atomic mass is 10.3. The number of aromatic carboxylic acids is 1. The summed E-state index contributed by atoms with van der Waals surface area (Å²) >= 11 is 1.15. The predicted molar refractivity (Wildman–Crippen MR) is 77.3 cm³/mol. The van der Waals surface area contributed by atoms with Gasteiger partial charge in [-0.2, -0.15) is 0 Å². The first-order valence-corrected chi connectivity index (χ1v) is 7.07.